The second kappa shape index (κ2) is 4.55. The van der Waals surface area contributed by atoms with Gasteiger partial charge in [0.15, 0.2) is 0 Å². The summed E-state index contributed by atoms with van der Waals surface area (Å²) in [4.78, 5) is 26.3. The zero-order valence-corrected chi connectivity index (χ0v) is 9.12. The first kappa shape index (κ1) is 11.2. The molecule has 1 aliphatic heterocycles. The third kappa shape index (κ3) is 2.80. The molecule has 1 fully saturated rings. The van der Waals surface area contributed by atoms with Crippen molar-refractivity contribution in [2.24, 2.45) is 5.92 Å². The van der Waals surface area contributed by atoms with Gasteiger partial charge in [0, 0.05) is 39.5 Å². The highest BCUT2D eigenvalue weighted by molar-refractivity contribution is 5.82. The molecule has 0 aromatic heterocycles. The van der Waals surface area contributed by atoms with Crippen LogP contribution in [-0.4, -0.2) is 55.2 Å². The van der Waals surface area contributed by atoms with E-state index in [2.05, 4.69) is 4.90 Å². The number of hydrogen-bond donors (Lipinski definition) is 0. The van der Waals surface area contributed by atoms with E-state index >= 15 is 0 Å². The Balaban J connectivity index is 2.40. The van der Waals surface area contributed by atoms with Gasteiger partial charge < -0.3 is 4.90 Å². The Hall–Kier alpha value is -0.900. The molecule has 1 saturated heterocycles. The Morgan fingerprint density at radius 3 is 2.71 bits per heavy atom. The lowest BCUT2D eigenvalue weighted by Crippen LogP contribution is -2.44. The minimum Gasteiger partial charge on any atom is -0.348 e. The number of likely N-dealkylation sites (tertiary alicyclic amines) is 1. The third-order valence-electron chi connectivity index (χ3n) is 2.61. The Labute approximate surface area is 84.9 Å². The average Bonchev–Trinajstić information content (AvgIpc) is 2.11. The minimum absolute atomic E-state index is 0.0821. The Morgan fingerprint density at radius 2 is 2.21 bits per heavy atom. The highest BCUT2D eigenvalue weighted by Crippen LogP contribution is 2.11. The maximum Gasteiger partial charge on any atom is 0.236 e. The van der Waals surface area contributed by atoms with Crippen molar-refractivity contribution in [2.75, 3.05) is 33.7 Å². The van der Waals surface area contributed by atoms with Crippen LogP contribution < -0.4 is 0 Å². The monoisotopic (exact) mass is 198 g/mol. The summed E-state index contributed by atoms with van der Waals surface area (Å²) in [6, 6.07) is 0. The molecular weight excluding hydrogens is 180 g/mol. The topological polar surface area (TPSA) is 40.6 Å². The van der Waals surface area contributed by atoms with Crippen molar-refractivity contribution in [1.29, 1.82) is 0 Å². The van der Waals surface area contributed by atoms with Gasteiger partial charge in [-0.25, -0.2) is 0 Å². The second-order valence-electron chi connectivity index (χ2n) is 4.14. The van der Waals surface area contributed by atoms with Crippen LogP contribution >= 0.6 is 0 Å². The van der Waals surface area contributed by atoms with Crippen LogP contribution in [0.5, 0.6) is 0 Å². The summed E-state index contributed by atoms with van der Waals surface area (Å²) < 4.78 is 0. The number of rotatable bonds is 2. The maximum atomic E-state index is 11.4. The summed E-state index contributed by atoms with van der Waals surface area (Å²) in [7, 11) is 3.50. The second-order valence-corrected chi connectivity index (χ2v) is 4.14. The largest absolute Gasteiger partial charge is 0.348 e. The molecule has 4 heteroatoms. The predicted molar refractivity (Wildman–Crippen MR) is 53.9 cm³/mol. The molecule has 4 nitrogen and oxygen atoms in total. The van der Waals surface area contributed by atoms with E-state index in [1.54, 1.807) is 19.0 Å². The van der Waals surface area contributed by atoms with E-state index < -0.39 is 0 Å². The molecule has 0 spiro atoms. The molecule has 1 amide bonds. The quantitative estimate of drug-likeness (QED) is 0.626. The first-order chi connectivity index (χ1) is 6.50. The van der Waals surface area contributed by atoms with Crippen LogP contribution in [0.2, 0.25) is 0 Å². The highest BCUT2D eigenvalue weighted by Gasteiger charge is 2.24. The van der Waals surface area contributed by atoms with Crippen LogP contribution in [0.1, 0.15) is 13.3 Å². The van der Waals surface area contributed by atoms with Crippen molar-refractivity contribution in [3.63, 3.8) is 0 Å². The standard InChI is InChI=1S/C10H18N2O2/c1-8-6-12(5-4-9(8)13)7-10(14)11(2)3/h8H,4-7H2,1-3H3. The third-order valence-corrected chi connectivity index (χ3v) is 2.61. The molecule has 0 bridgehead atoms. The molecule has 0 N–H and O–H groups in total. The van der Waals surface area contributed by atoms with Crippen molar-refractivity contribution in [1.82, 2.24) is 9.80 Å². The molecule has 0 saturated carbocycles. The molecule has 0 aromatic rings. The van der Waals surface area contributed by atoms with Gasteiger partial charge in [-0.15, -0.1) is 0 Å². The van der Waals surface area contributed by atoms with E-state index in [-0.39, 0.29) is 11.8 Å². The number of carbonyl (C=O) groups excluding carboxylic acids is 2. The molecule has 80 valence electrons. The Morgan fingerprint density at radius 1 is 1.57 bits per heavy atom. The zero-order valence-electron chi connectivity index (χ0n) is 9.12. The van der Waals surface area contributed by atoms with Gasteiger partial charge in [0.2, 0.25) is 5.91 Å². The van der Waals surface area contributed by atoms with Gasteiger partial charge in [-0.3, -0.25) is 14.5 Å². The van der Waals surface area contributed by atoms with E-state index in [1.807, 2.05) is 6.92 Å². The lowest BCUT2D eigenvalue weighted by Gasteiger charge is -2.30. The van der Waals surface area contributed by atoms with Crippen molar-refractivity contribution < 1.29 is 9.59 Å². The fraction of sp³-hybridized carbons (Fsp3) is 0.800. The molecule has 14 heavy (non-hydrogen) atoms. The number of ketones is 1. The number of carbonyl (C=O) groups is 2. The fourth-order valence-corrected chi connectivity index (χ4v) is 1.57. The summed E-state index contributed by atoms with van der Waals surface area (Å²) in [6.45, 7) is 3.81. The number of likely N-dealkylation sites (N-methyl/N-ethyl adjacent to an activating group) is 1. The van der Waals surface area contributed by atoms with Crippen molar-refractivity contribution in [3.8, 4) is 0 Å². The molecule has 1 unspecified atom stereocenters. The first-order valence-corrected chi connectivity index (χ1v) is 4.96. The Kier molecular flexibility index (Phi) is 3.63. The smallest absolute Gasteiger partial charge is 0.236 e. The average molecular weight is 198 g/mol. The SMILES string of the molecule is CC1CN(CC(=O)N(C)C)CCC1=O. The van der Waals surface area contributed by atoms with Gasteiger partial charge in [-0.05, 0) is 0 Å². The molecule has 1 heterocycles. The predicted octanol–water partition coefficient (Wildman–Crippen LogP) is -0.0145. The van der Waals surface area contributed by atoms with Crippen molar-refractivity contribution in [2.45, 2.75) is 13.3 Å². The molecule has 0 aromatic carbocycles. The van der Waals surface area contributed by atoms with Crippen molar-refractivity contribution >= 4 is 11.7 Å². The lowest BCUT2D eigenvalue weighted by molar-refractivity contribution is -0.133. The van der Waals surface area contributed by atoms with Gasteiger partial charge in [0.05, 0.1) is 6.54 Å². The van der Waals surface area contributed by atoms with Gasteiger partial charge in [0.1, 0.15) is 5.78 Å². The summed E-state index contributed by atoms with van der Waals surface area (Å²) in [5, 5.41) is 0. The number of hydrogen-bond acceptors (Lipinski definition) is 3. The van der Waals surface area contributed by atoms with Crippen LogP contribution in [0.3, 0.4) is 0 Å². The van der Waals surface area contributed by atoms with Gasteiger partial charge in [0.25, 0.3) is 0 Å². The van der Waals surface area contributed by atoms with Crippen molar-refractivity contribution in [3.05, 3.63) is 0 Å². The van der Waals surface area contributed by atoms with Gasteiger partial charge >= 0.3 is 0 Å². The summed E-state index contributed by atoms with van der Waals surface area (Å²) in [5.74, 6) is 0.504. The summed E-state index contributed by atoms with van der Waals surface area (Å²) >= 11 is 0. The molecule has 1 atom stereocenters. The maximum absolute atomic E-state index is 11.4. The van der Waals surface area contributed by atoms with Gasteiger partial charge in [-0.2, -0.15) is 0 Å². The van der Waals surface area contributed by atoms with E-state index in [4.69, 9.17) is 0 Å². The van der Waals surface area contributed by atoms with Crippen LogP contribution in [-0.2, 0) is 9.59 Å². The van der Waals surface area contributed by atoms with E-state index in [0.717, 1.165) is 13.1 Å². The Bertz CT molecular complexity index is 238. The summed E-state index contributed by atoms with van der Waals surface area (Å²) in [5.41, 5.74) is 0. The zero-order chi connectivity index (χ0) is 10.7. The van der Waals surface area contributed by atoms with Crippen LogP contribution in [0, 0.1) is 5.92 Å². The van der Waals surface area contributed by atoms with E-state index in [0.29, 0.717) is 18.7 Å². The number of piperidine rings is 1. The molecule has 1 rings (SSSR count). The highest BCUT2D eigenvalue weighted by atomic mass is 16.2. The minimum atomic E-state index is 0.0821. The number of nitrogens with zero attached hydrogens (tertiary/aromatic N) is 2. The van der Waals surface area contributed by atoms with E-state index in [9.17, 15) is 9.59 Å². The van der Waals surface area contributed by atoms with Gasteiger partial charge in [-0.1, -0.05) is 6.92 Å². The lowest BCUT2D eigenvalue weighted by atomic mass is 9.99. The van der Waals surface area contributed by atoms with Crippen LogP contribution in [0.25, 0.3) is 0 Å². The first-order valence-electron chi connectivity index (χ1n) is 4.96. The molecule has 1 aliphatic rings. The number of Topliss-reactive ketones (excluding diaryl/α,β-unsaturated/α-hetero) is 1. The van der Waals surface area contributed by atoms with Crippen LogP contribution in [0.15, 0.2) is 0 Å². The van der Waals surface area contributed by atoms with E-state index in [1.165, 1.54) is 0 Å². The normalized spacial score (nSPS) is 23.6. The molecular formula is C10H18N2O2. The number of amides is 1. The molecule has 0 radical (unpaired) electrons. The fourth-order valence-electron chi connectivity index (χ4n) is 1.57. The molecule has 0 aliphatic carbocycles. The summed E-state index contributed by atoms with van der Waals surface area (Å²) in [6.07, 6.45) is 0.585. The van der Waals surface area contributed by atoms with Crippen LogP contribution in [0.4, 0.5) is 0 Å².